The maximum absolute atomic E-state index is 12.3. The molecule has 0 amide bonds. The second kappa shape index (κ2) is 6.90. The fraction of sp³-hybridized carbons (Fsp3) is 0. The summed E-state index contributed by atoms with van der Waals surface area (Å²) in [5.74, 6) is 0.992. The molecule has 0 spiro atoms. The van der Waals surface area contributed by atoms with Gasteiger partial charge in [-0.2, -0.15) is 0 Å². The van der Waals surface area contributed by atoms with Crippen molar-refractivity contribution in [3.05, 3.63) is 78.1 Å². The molecule has 3 rings (SSSR count). The Morgan fingerprint density at radius 3 is 2.38 bits per heavy atom. The molecule has 1 N–H and O–H groups in total. The number of para-hydroxylation sites is 1. The van der Waals surface area contributed by atoms with E-state index >= 15 is 0 Å². The van der Waals surface area contributed by atoms with Gasteiger partial charge in [-0.05, 0) is 48.5 Å². The summed E-state index contributed by atoms with van der Waals surface area (Å²) >= 11 is 6.03. The van der Waals surface area contributed by atoms with E-state index in [0.29, 0.717) is 22.2 Å². The molecule has 0 fully saturated rings. The van der Waals surface area contributed by atoms with Gasteiger partial charge in [0.1, 0.15) is 11.5 Å². The van der Waals surface area contributed by atoms with Gasteiger partial charge in [-0.25, -0.2) is 8.42 Å². The highest BCUT2D eigenvalue weighted by atomic mass is 35.5. The van der Waals surface area contributed by atoms with Gasteiger partial charge in [0.05, 0.1) is 21.8 Å². The first-order valence-corrected chi connectivity index (χ1v) is 8.86. The highest BCUT2D eigenvalue weighted by molar-refractivity contribution is 7.92. The van der Waals surface area contributed by atoms with Crippen molar-refractivity contribution in [1.29, 1.82) is 0 Å². The number of hydrogen-bond acceptors (Lipinski definition) is 4. The predicted molar refractivity (Wildman–Crippen MR) is 93.0 cm³/mol. The third kappa shape index (κ3) is 3.84. The van der Waals surface area contributed by atoms with Gasteiger partial charge in [-0.1, -0.05) is 23.7 Å². The Morgan fingerprint density at radius 1 is 0.958 bits per heavy atom. The number of nitrogens with one attached hydrogen (secondary N) is 1. The Bertz CT molecular complexity index is 930. The number of rotatable bonds is 5. The van der Waals surface area contributed by atoms with Crippen LogP contribution in [0.5, 0.6) is 11.5 Å². The molecule has 0 unspecified atom stereocenters. The van der Waals surface area contributed by atoms with E-state index in [4.69, 9.17) is 16.3 Å². The Kier molecular flexibility index (Phi) is 4.69. The quantitative estimate of drug-likeness (QED) is 0.735. The summed E-state index contributed by atoms with van der Waals surface area (Å²) in [7, 11) is -3.68. The van der Waals surface area contributed by atoms with E-state index in [1.807, 2.05) is 0 Å². The lowest BCUT2D eigenvalue weighted by molar-refractivity contribution is 0.482. The van der Waals surface area contributed by atoms with Crippen LogP contribution in [0.2, 0.25) is 5.02 Å². The van der Waals surface area contributed by atoms with Gasteiger partial charge in [0, 0.05) is 6.20 Å². The van der Waals surface area contributed by atoms with Gasteiger partial charge in [-0.3, -0.25) is 9.71 Å². The summed E-state index contributed by atoms with van der Waals surface area (Å²) in [6.07, 6.45) is 3.01. The van der Waals surface area contributed by atoms with Crippen LogP contribution in [0.15, 0.2) is 78.0 Å². The third-order valence-corrected chi connectivity index (χ3v) is 4.82. The predicted octanol–water partition coefficient (Wildman–Crippen LogP) is 4.33. The zero-order valence-corrected chi connectivity index (χ0v) is 14.0. The molecule has 2 aromatic carbocycles. The highest BCUT2D eigenvalue weighted by Crippen LogP contribution is 2.29. The van der Waals surface area contributed by atoms with Crippen LogP contribution in [0.1, 0.15) is 0 Å². The standard InChI is InChI=1S/C17H13ClN2O3S/c18-16-5-1-2-6-17(16)23-14-7-9-15(10-8-14)24(21,22)20-13-4-3-11-19-12-13/h1-12,20H. The lowest BCUT2D eigenvalue weighted by Crippen LogP contribution is -2.12. The van der Waals surface area contributed by atoms with Crippen molar-refractivity contribution in [1.82, 2.24) is 4.98 Å². The molecule has 3 aromatic rings. The number of halogens is 1. The van der Waals surface area contributed by atoms with E-state index in [-0.39, 0.29) is 4.90 Å². The second-order valence-electron chi connectivity index (χ2n) is 4.85. The summed E-state index contributed by atoms with van der Waals surface area (Å²) in [6, 6.07) is 16.4. The minimum Gasteiger partial charge on any atom is -0.456 e. The Balaban J connectivity index is 1.78. The summed E-state index contributed by atoms with van der Waals surface area (Å²) in [5, 5.41) is 0.479. The molecule has 0 saturated carbocycles. The van der Waals surface area contributed by atoms with Crippen molar-refractivity contribution < 1.29 is 13.2 Å². The van der Waals surface area contributed by atoms with Gasteiger partial charge in [0.15, 0.2) is 0 Å². The number of pyridine rings is 1. The Labute approximate surface area is 144 Å². The van der Waals surface area contributed by atoms with E-state index in [2.05, 4.69) is 9.71 Å². The topological polar surface area (TPSA) is 68.3 Å². The van der Waals surface area contributed by atoms with Crippen LogP contribution >= 0.6 is 11.6 Å². The number of nitrogens with zero attached hydrogens (tertiary/aromatic N) is 1. The van der Waals surface area contributed by atoms with Crippen molar-refractivity contribution in [2.45, 2.75) is 4.90 Å². The molecule has 0 aliphatic rings. The number of anilines is 1. The number of aromatic nitrogens is 1. The van der Waals surface area contributed by atoms with Crippen LogP contribution in [0, 0.1) is 0 Å². The smallest absolute Gasteiger partial charge is 0.261 e. The molecule has 1 aromatic heterocycles. The van der Waals surface area contributed by atoms with Crippen molar-refractivity contribution in [2.75, 3.05) is 4.72 Å². The molecule has 0 aliphatic carbocycles. The van der Waals surface area contributed by atoms with Gasteiger partial charge in [0.25, 0.3) is 10.0 Å². The van der Waals surface area contributed by atoms with E-state index in [1.54, 1.807) is 54.7 Å². The molecule has 0 aliphatic heterocycles. The second-order valence-corrected chi connectivity index (χ2v) is 6.94. The monoisotopic (exact) mass is 360 g/mol. The fourth-order valence-electron chi connectivity index (χ4n) is 1.98. The lowest BCUT2D eigenvalue weighted by atomic mass is 10.3. The molecule has 7 heteroatoms. The van der Waals surface area contributed by atoms with E-state index in [1.165, 1.54) is 18.3 Å². The highest BCUT2D eigenvalue weighted by Gasteiger charge is 2.14. The first-order chi connectivity index (χ1) is 11.5. The number of benzene rings is 2. The van der Waals surface area contributed by atoms with Crippen molar-refractivity contribution >= 4 is 27.3 Å². The van der Waals surface area contributed by atoms with Crippen molar-refractivity contribution in [3.63, 3.8) is 0 Å². The SMILES string of the molecule is O=S(=O)(Nc1cccnc1)c1ccc(Oc2ccccc2Cl)cc1. The number of hydrogen-bond donors (Lipinski definition) is 1. The summed E-state index contributed by atoms with van der Waals surface area (Å²) in [5.41, 5.74) is 0.397. The van der Waals surface area contributed by atoms with Gasteiger partial charge >= 0.3 is 0 Å². The Morgan fingerprint density at radius 2 is 1.71 bits per heavy atom. The normalized spacial score (nSPS) is 11.0. The molecule has 0 bridgehead atoms. The largest absolute Gasteiger partial charge is 0.456 e. The number of sulfonamides is 1. The van der Waals surface area contributed by atoms with E-state index in [9.17, 15) is 8.42 Å². The van der Waals surface area contributed by atoms with Gasteiger partial charge < -0.3 is 4.74 Å². The third-order valence-electron chi connectivity index (χ3n) is 3.11. The first kappa shape index (κ1) is 16.3. The average Bonchev–Trinajstić information content (AvgIpc) is 2.58. The summed E-state index contributed by atoms with van der Waals surface area (Å²) in [6.45, 7) is 0. The summed E-state index contributed by atoms with van der Waals surface area (Å²) in [4.78, 5) is 4.00. The average molecular weight is 361 g/mol. The van der Waals surface area contributed by atoms with E-state index < -0.39 is 10.0 Å². The minimum atomic E-state index is -3.68. The maximum atomic E-state index is 12.3. The van der Waals surface area contributed by atoms with Gasteiger partial charge in [0.2, 0.25) is 0 Å². The molecular weight excluding hydrogens is 348 g/mol. The van der Waals surface area contributed by atoms with E-state index in [0.717, 1.165) is 0 Å². The molecule has 24 heavy (non-hydrogen) atoms. The summed E-state index contributed by atoms with van der Waals surface area (Å²) < 4.78 is 32.7. The van der Waals surface area contributed by atoms with Crippen LogP contribution in [-0.2, 0) is 10.0 Å². The molecule has 5 nitrogen and oxygen atoms in total. The maximum Gasteiger partial charge on any atom is 0.261 e. The molecule has 122 valence electrons. The molecule has 0 saturated heterocycles. The zero-order valence-electron chi connectivity index (χ0n) is 12.4. The van der Waals surface area contributed by atoms with Crippen LogP contribution in [0.4, 0.5) is 5.69 Å². The first-order valence-electron chi connectivity index (χ1n) is 7.00. The minimum absolute atomic E-state index is 0.123. The molecule has 0 radical (unpaired) electrons. The van der Waals surface area contributed by atoms with Crippen molar-refractivity contribution in [3.8, 4) is 11.5 Å². The van der Waals surface area contributed by atoms with Crippen LogP contribution in [0.25, 0.3) is 0 Å². The van der Waals surface area contributed by atoms with Crippen LogP contribution < -0.4 is 9.46 Å². The zero-order chi connectivity index (χ0) is 17.0. The van der Waals surface area contributed by atoms with Crippen LogP contribution in [0.3, 0.4) is 0 Å². The molecule has 0 atom stereocenters. The fourth-order valence-corrected chi connectivity index (χ4v) is 3.20. The molecular formula is C17H13ClN2O3S. The lowest BCUT2D eigenvalue weighted by Gasteiger charge is -2.10. The Hall–Kier alpha value is -2.57. The number of ether oxygens (including phenoxy) is 1. The van der Waals surface area contributed by atoms with Crippen LogP contribution in [-0.4, -0.2) is 13.4 Å². The molecule has 1 heterocycles. The van der Waals surface area contributed by atoms with Crippen molar-refractivity contribution in [2.24, 2.45) is 0 Å². The van der Waals surface area contributed by atoms with Gasteiger partial charge in [-0.15, -0.1) is 0 Å².